The first-order chi connectivity index (χ1) is 7.19. The predicted octanol–water partition coefficient (Wildman–Crippen LogP) is 0.368. The van der Waals surface area contributed by atoms with E-state index in [0.717, 1.165) is 11.3 Å². The fourth-order valence-corrected chi connectivity index (χ4v) is 1.56. The van der Waals surface area contributed by atoms with Gasteiger partial charge >= 0.3 is 0 Å². The first-order valence-corrected chi connectivity index (χ1v) is 5.02. The second-order valence-corrected chi connectivity index (χ2v) is 3.50. The Kier molecular flexibility index (Phi) is 4.39. The van der Waals surface area contributed by atoms with E-state index in [1.54, 1.807) is 0 Å². The van der Waals surface area contributed by atoms with Crippen molar-refractivity contribution in [3.63, 3.8) is 0 Å². The minimum Gasteiger partial charge on any atom is -0.397 e. The van der Waals surface area contributed by atoms with Crippen LogP contribution in [0.1, 0.15) is 5.56 Å². The van der Waals surface area contributed by atoms with Crippen LogP contribution < -0.4 is 10.6 Å². The molecule has 0 spiro atoms. The number of nitrogens with zero attached hydrogens (tertiary/aromatic N) is 1. The van der Waals surface area contributed by atoms with Crippen LogP contribution >= 0.6 is 0 Å². The Hall–Kier alpha value is -1.26. The first kappa shape index (κ1) is 11.8. The van der Waals surface area contributed by atoms with Gasteiger partial charge in [-0.1, -0.05) is 6.07 Å². The quantitative estimate of drug-likeness (QED) is 0.614. The lowest BCUT2D eigenvalue weighted by Gasteiger charge is -2.24. The molecule has 4 nitrogen and oxygen atoms in total. The fourth-order valence-electron chi connectivity index (χ4n) is 1.56. The minimum atomic E-state index is 0.0489. The van der Waals surface area contributed by atoms with Crippen LogP contribution in [0.15, 0.2) is 18.2 Å². The fraction of sp³-hybridized carbons (Fsp3) is 0.455. The summed E-state index contributed by atoms with van der Waals surface area (Å²) in [6.07, 6.45) is 0. The summed E-state index contributed by atoms with van der Waals surface area (Å²) in [7, 11) is 0. The third-order valence-corrected chi connectivity index (χ3v) is 2.26. The van der Waals surface area contributed by atoms with Crippen molar-refractivity contribution in [2.24, 2.45) is 0 Å². The molecule has 0 heterocycles. The molecule has 0 aliphatic heterocycles. The summed E-state index contributed by atoms with van der Waals surface area (Å²) in [6, 6.07) is 5.76. The minimum absolute atomic E-state index is 0.0489. The number of hydrogen-bond acceptors (Lipinski definition) is 4. The monoisotopic (exact) mass is 210 g/mol. The van der Waals surface area contributed by atoms with Gasteiger partial charge in [-0.05, 0) is 24.6 Å². The molecule has 0 radical (unpaired) electrons. The SMILES string of the molecule is Cc1ccc(N(CCO)CCO)c(N)c1. The van der Waals surface area contributed by atoms with Gasteiger partial charge in [-0.3, -0.25) is 0 Å². The van der Waals surface area contributed by atoms with Crippen molar-refractivity contribution in [3.8, 4) is 0 Å². The highest BCUT2D eigenvalue weighted by Gasteiger charge is 2.08. The summed E-state index contributed by atoms with van der Waals surface area (Å²) in [6.45, 7) is 3.03. The maximum atomic E-state index is 8.91. The van der Waals surface area contributed by atoms with Gasteiger partial charge in [0.2, 0.25) is 0 Å². The smallest absolute Gasteiger partial charge is 0.0606 e. The largest absolute Gasteiger partial charge is 0.397 e. The van der Waals surface area contributed by atoms with Crippen molar-refractivity contribution in [1.82, 2.24) is 0 Å². The Labute approximate surface area is 89.9 Å². The van der Waals surface area contributed by atoms with Crippen LogP contribution in [-0.4, -0.2) is 36.5 Å². The van der Waals surface area contributed by atoms with Crippen LogP contribution in [0.2, 0.25) is 0 Å². The number of aryl methyl sites for hydroxylation is 1. The highest BCUT2D eigenvalue weighted by Crippen LogP contribution is 2.23. The number of aliphatic hydroxyl groups is 2. The Bertz CT molecular complexity index is 309. The molecule has 1 aromatic rings. The average Bonchev–Trinajstić information content (AvgIpc) is 2.17. The van der Waals surface area contributed by atoms with Crippen molar-refractivity contribution in [2.45, 2.75) is 6.92 Å². The molecule has 0 aromatic heterocycles. The lowest BCUT2D eigenvalue weighted by molar-refractivity contribution is 0.281. The average molecular weight is 210 g/mol. The Morgan fingerprint density at radius 1 is 1.20 bits per heavy atom. The van der Waals surface area contributed by atoms with Crippen molar-refractivity contribution in [3.05, 3.63) is 23.8 Å². The van der Waals surface area contributed by atoms with E-state index in [1.807, 2.05) is 30.0 Å². The van der Waals surface area contributed by atoms with Gasteiger partial charge in [-0.25, -0.2) is 0 Å². The van der Waals surface area contributed by atoms with Gasteiger partial charge in [0.15, 0.2) is 0 Å². The predicted molar refractivity (Wildman–Crippen MR) is 62.0 cm³/mol. The number of hydrogen-bond donors (Lipinski definition) is 3. The molecule has 0 aliphatic rings. The number of nitrogen functional groups attached to an aromatic ring is 1. The highest BCUT2D eigenvalue weighted by molar-refractivity contribution is 5.68. The van der Waals surface area contributed by atoms with E-state index in [-0.39, 0.29) is 13.2 Å². The molecule has 0 fully saturated rings. The van der Waals surface area contributed by atoms with Gasteiger partial charge in [0.05, 0.1) is 24.6 Å². The zero-order valence-electron chi connectivity index (χ0n) is 8.98. The Balaban J connectivity index is 2.89. The lowest BCUT2D eigenvalue weighted by Crippen LogP contribution is -2.30. The molecule has 0 bridgehead atoms. The van der Waals surface area contributed by atoms with Gasteiger partial charge in [0.1, 0.15) is 0 Å². The van der Waals surface area contributed by atoms with Crippen LogP contribution in [-0.2, 0) is 0 Å². The van der Waals surface area contributed by atoms with Gasteiger partial charge in [0, 0.05) is 13.1 Å². The molecule has 0 saturated heterocycles. The van der Waals surface area contributed by atoms with Gasteiger partial charge < -0.3 is 20.8 Å². The van der Waals surface area contributed by atoms with Crippen LogP contribution in [0.3, 0.4) is 0 Å². The van der Waals surface area contributed by atoms with E-state index >= 15 is 0 Å². The standard InChI is InChI=1S/C11H18N2O2/c1-9-2-3-11(10(12)8-9)13(4-6-14)5-7-15/h2-3,8,14-15H,4-7,12H2,1H3. The number of nitrogens with two attached hydrogens (primary N) is 1. The molecule has 4 N–H and O–H groups in total. The molecule has 84 valence electrons. The summed E-state index contributed by atoms with van der Waals surface area (Å²) in [5, 5.41) is 17.8. The number of anilines is 2. The van der Waals surface area contributed by atoms with E-state index in [0.29, 0.717) is 18.8 Å². The zero-order chi connectivity index (χ0) is 11.3. The second kappa shape index (κ2) is 5.58. The number of benzene rings is 1. The number of aliphatic hydroxyl groups excluding tert-OH is 2. The molecule has 4 heteroatoms. The van der Waals surface area contributed by atoms with E-state index in [2.05, 4.69) is 0 Å². The molecule has 0 saturated carbocycles. The molecule has 0 aliphatic carbocycles. The maximum Gasteiger partial charge on any atom is 0.0606 e. The maximum absolute atomic E-state index is 8.91. The van der Waals surface area contributed by atoms with Crippen molar-refractivity contribution >= 4 is 11.4 Å². The van der Waals surface area contributed by atoms with E-state index in [1.165, 1.54) is 0 Å². The Morgan fingerprint density at radius 2 is 1.80 bits per heavy atom. The second-order valence-electron chi connectivity index (χ2n) is 3.50. The summed E-state index contributed by atoms with van der Waals surface area (Å²) >= 11 is 0. The topological polar surface area (TPSA) is 69.7 Å². The van der Waals surface area contributed by atoms with Crippen molar-refractivity contribution in [1.29, 1.82) is 0 Å². The lowest BCUT2D eigenvalue weighted by atomic mass is 10.2. The molecule has 0 amide bonds. The third-order valence-electron chi connectivity index (χ3n) is 2.26. The van der Waals surface area contributed by atoms with Crippen LogP contribution in [0, 0.1) is 6.92 Å². The van der Waals surface area contributed by atoms with Gasteiger partial charge in [-0.15, -0.1) is 0 Å². The molecule has 15 heavy (non-hydrogen) atoms. The van der Waals surface area contributed by atoms with Gasteiger partial charge in [0.25, 0.3) is 0 Å². The van der Waals surface area contributed by atoms with E-state index in [9.17, 15) is 0 Å². The van der Waals surface area contributed by atoms with E-state index in [4.69, 9.17) is 15.9 Å². The summed E-state index contributed by atoms with van der Waals surface area (Å²) in [5.74, 6) is 0. The van der Waals surface area contributed by atoms with Crippen molar-refractivity contribution in [2.75, 3.05) is 36.9 Å². The zero-order valence-corrected chi connectivity index (χ0v) is 8.98. The summed E-state index contributed by atoms with van der Waals surface area (Å²) in [5.41, 5.74) is 8.52. The summed E-state index contributed by atoms with van der Waals surface area (Å²) < 4.78 is 0. The van der Waals surface area contributed by atoms with Gasteiger partial charge in [-0.2, -0.15) is 0 Å². The molecule has 0 unspecified atom stereocenters. The molecular formula is C11H18N2O2. The van der Waals surface area contributed by atoms with Crippen LogP contribution in [0.25, 0.3) is 0 Å². The molecule has 1 aromatic carbocycles. The molecule has 0 atom stereocenters. The Morgan fingerprint density at radius 3 is 2.27 bits per heavy atom. The van der Waals surface area contributed by atoms with Crippen LogP contribution in [0.5, 0.6) is 0 Å². The summed E-state index contributed by atoms with van der Waals surface area (Å²) in [4.78, 5) is 1.87. The molecular weight excluding hydrogens is 192 g/mol. The first-order valence-electron chi connectivity index (χ1n) is 5.02. The van der Waals surface area contributed by atoms with Crippen molar-refractivity contribution < 1.29 is 10.2 Å². The van der Waals surface area contributed by atoms with E-state index < -0.39 is 0 Å². The third kappa shape index (κ3) is 3.11. The normalized spacial score (nSPS) is 10.3. The molecule has 1 rings (SSSR count). The number of rotatable bonds is 5. The van der Waals surface area contributed by atoms with Crippen LogP contribution in [0.4, 0.5) is 11.4 Å². The highest BCUT2D eigenvalue weighted by atomic mass is 16.3.